The maximum absolute atomic E-state index is 4.62. The molecule has 0 spiro atoms. The Morgan fingerprint density at radius 3 is 2.50 bits per heavy atom. The van der Waals surface area contributed by atoms with Crippen molar-refractivity contribution in [2.75, 3.05) is 7.05 Å². The largest absolute Gasteiger partial charge is 0.296 e. The van der Waals surface area contributed by atoms with Crippen molar-refractivity contribution >= 4 is 11.3 Å². The lowest BCUT2D eigenvalue weighted by Gasteiger charge is -2.20. The highest BCUT2D eigenvalue weighted by Crippen LogP contribution is 2.30. The van der Waals surface area contributed by atoms with Crippen LogP contribution in [0.1, 0.15) is 60.1 Å². The number of rotatable bonds is 5. The molecule has 0 saturated heterocycles. The fourth-order valence-electron chi connectivity index (χ4n) is 3.14. The second-order valence-electron chi connectivity index (χ2n) is 6.31. The number of aromatic nitrogens is 3. The number of nitrogens with zero attached hydrogens (tertiary/aromatic N) is 4. The quantitative estimate of drug-likeness (QED) is 0.838. The molecule has 0 aliphatic heterocycles. The standard InChI is InChI=1S/C17H24N4S/c1-13-20-16(12-22-13)11-21(2)10-14-8-18-17(19-9-14)15-6-4-3-5-7-15/h8-9,12,15H,3-7,10-11H2,1-2H3. The summed E-state index contributed by atoms with van der Waals surface area (Å²) in [5.74, 6) is 1.62. The Morgan fingerprint density at radius 2 is 1.86 bits per heavy atom. The van der Waals surface area contributed by atoms with Crippen LogP contribution >= 0.6 is 11.3 Å². The lowest BCUT2D eigenvalue weighted by atomic mass is 9.89. The molecule has 5 heteroatoms. The van der Waals surface area contributed by atoms with Crippen LogP contribution in [0.4, 0.5) is 0 Å². The fraction of sp³-hybridized carbons (Fsp3) is 0.588. The van der Waals surface area contributed by atoms with Gasteiger partial charge in [-0.25, -0.2) is 15.0 Å². The third-order valence-corrected chi connectivity index (χ3v) is 5.07. The molecule has 0 unspecified atom stereocenters. The van der Waals surface area contributed by atoms with Gasteiger partial charge >= 0.3 is 0 Å². The Bertz CT molecular complexity index is 587. The summed E-state index contributed by atoms with van der Waals surface area (Å²) in [6.07, 6.45) is 10.5. The number of thiazole rings is 1. The summed E-state index contributed by atoms with van der Waals surface area (Å²) < 4.78 is 0. The highest BCUT2D eigenvalue weighted by molar-refractivity contribution is 7.09. The summed E-state index contributed by atoms with van der Waals surface area (Å²) in [5, 5.41) is 3.26. The minimum atomic E-state index is 0.582. The van der Waals surface area contributed by atoms with Crippen molar-refractivity contribution in [3.05, 3.63) is 39.9 Å². The van der Waals surface area contributed by atoms with E-state index in [-0.39, 0.29) is 0 Å². The molecular formula is C17H24N4S. The molecule has 1 fully saturated rings. The van der Waals surface area contributed by atoms with Gasteiger partial charge < -0.3 is 0 Å². The molecule has 0 aromatic carbocycles. The molecule has 2 heterocycles. The Balaban J connectivity index is 1.56. The fourth-order valence-corrected chi connectivity index (χ4v) is 3.75. The average molecular weight is 316 g/mol. The predicted octanol–water partition coefficient (Wildman–Crippen LogP) is 3.92. The van der Waals surface area contributed by atoms with E-state index >= 15 is 0 Å². The summed E-state index contributed by atoms with van der Waals surface area (Å²) in [6, 6.07) is 0. The first-order chi connectivity index (χ1) is 10.7. The minimum Gasteiger partial charge on any atom is -0.296 e. The van der Waals surface area contributed by atoms with Gasteiger partial charge in [0, 0.05) is 42.3 Å². The highest BCUT2D eigenvalue weighted by Gasteiger charge is 2.17. The first-order valence-electron chi connectivity index (χ1n) is 8.11. The summed E-state index contributed by atoms with van der Waals surface area (Å²) >= 11 is 1.71. The van der Waals surface area contributed by atoms with E-state index in [0.29, 0.717) is 5.92 Å². The normalized spacial score (nSPS) is 16.3. The molecule has 1 saturated carbocycles. The molecule has 118 valence electrons. The number of hydrogen-bond donors (Lipinski definition) is 0. The lowest BCUT2D eigenvalue weighted by molar-refractivity contribution is 0.314. The summed E-state index contributed by atoms with van der Waals surface area (Å²) in [7, 11) is 2.11. The van der Waals surface area contributed by atoms with Gasteiger partial charge in [-0.05, 0) is 26.8 Å². The van der Waals surface area contributed by atoms with Gasteiger partial charge in [0.2, 0.25) is 0 Å². The van der Waals surface area contributed by atoms with E-state index in [1.165, 1.54) is 37.7 Å². The van der Waals surface area contributed by atoms with Gasteiger partial charge in [-0.1, -0.05) is 19.3 Å². The van der Waals surface area contributed by atoms with Crippen molar-refractivity contribution in [3.8, 4) is 0 Å². The molecule has 4 nitrogen and oxygen atoms in total. The van der Waals surface area contributed by atoms with Crippen LogP contribution in [0.25, 0.3) is 0 Å². The second-order valence-corrected chi connectivity index (χ2v) is 7.38. The number of aryl methyl sites for hydroxylation is 1. The van der Waals surface area contributed by atoms with Gasteiger partial charge in [0.25, 0.3) is 0 Å². The molecule has 22 heavy (non-hydrogen) atoms. The molecule has 3 rings (SSSR count). The van der Waals surface area contributed by atoms with Gasteiger partial charge in [-0.2, -0.15) is 0 Å². The Morgan fingerprint density at radius 1 is 1.14 bits per heavy atom. The van der Waals surface area contributed by atoms with Crippen LogP contribution < -0.4 is 0 Å². The van der Waals surface area contributed by atoms with Crippen LogP contribution in [-0.2, 0) is 13.1 Å². The van der Waals surface area contributed by atoms with Crippen LogP contribution in [0.5, 0.6) is 0 Å². The first-order valence-corrected chi connectivity index (χ1v) is 8.99. The third-order valence-electron chi connectivity index (χ3n) is 4.25. The lowest BCUT2D eigenvalue weighted by Crippen LogP contribution is -2.18. The van der Waals surface area contributed by atoms with Crippen LogP contribution in [0.2, 0.25) is 0 Å². The van der Waals surface area contributed by atoms with Crippen LogP contribution in [0.15, 0.2) is 17.8 Å². The third kappa shape index (κ3) is 4.11. The molecule has 0 radical (unpaired) electrons. The topological polar surface area (TPSA) is 41.9 Å². The second kappa shape index (κ2) is 7.29. The van der Waals surface area contributed by atoms with Crippen molar-refractivity contribution < 1.29 is 0 Å². The zero-order chi connectivity index (χ0) is 15.4. The zero-order valence-corrected chi connectivity index (χ0v) is 14.3. The summed E-state index contributed by atoms with van der Waals surface area (Å²) in [6.45, 7) is 3.78. The van der Waals surface area contributed by atoms with Gasteiger partial charge in [-0.3, -0.25) is 4.90 Å². The average Bonchev–Trinajstić information content (AvgIpc) is 2.94. The maximum atomic E-state index is 4.62. The van der Waals surface area contributed by atoms with E-state index in [2.05, 4.69) is 32.3 Å². The maximum Gasteiger partial charge on any atom is 0.131 e. The molecule has 0 N–H and O–H groups in total. The van der Waals surface area contributed by atoms with E-state index < -0.39 is 0 Å². The number of hydrogen-bond acceptors (Lipinski definition) is 5. The molecule has 2 aromatic rings. The highest BCUT2D eigenvalue weighted by atomic mass is 32.1. The van der Waals surface area contributed by atoms with E-state index in [9.17, 15) is 0 Å². The molecule has 0 amide bonds. The first kappa shape index (κ1) is 15.6. The van der Waals surface area contributed by atoms with Gasteiger partial charge in [0.05, 0.1) is 10.7 Å². The van der Waals surface area contributed by atoms with Crippen LogP contribution in [-0.4, -0.2) is 26.9 Å². The zero-order valence-electron chi connectivity index (χ0n) is 13.5. The van der Waals surface area contributed by atoms with Crippen molar-refractivity contribution in [1.82, 2.24) is 19.9 Å². The van der Waals surface area contributed by atoms with Crippen molar-refractivity contribution in [1.29, 1.82) is 0 Å². The Hall–Kier alpha value is -1.33. The van der Waals surface area contributed by atoms with Crippen molar-refractivity contribution in [2.45, 2.75) is 58.0 Å². The van der Waals surface area contributed by atoms with Gasteiger partial charge in [-0.15, -0.1) is 11.3 Å². The monoisotopic (exact) mass is 316 g/mol. The smallest absolute Gasteiger partial charge is 0.131 e. The van der Waals surface area contributed by atoms with Gasteiger partial charge in [0.15, 0.2) is 0 Å². The minimum absolute atomic E-state index is 0.582. The SMILES string of the molecule is Cc1nc(CN(C)Cc2cnc(C3CCCCC3)nc2)cs1. The predicted molar refractivity (Wildman–Crippen MR) is 89.9 cm³/mol. The van der Waals surface area contributed by atoms with Gasteiger partial charge in [0.1, 0.15) is 5.82 Å². The van der Waals surface area contributed by atoms with Crippen molar-refractivity contribution in [3.63, 3.8) is 0 Å². The van der Waals surface area contributed by atoms with E-state index in [1.807, 2.05) is 19.3 Å². The molecule has 1 aliphatic rings. The van der Waals surface area contributed by atoms with Crippen LogP contribution in [0.3, 0.4) is 0 Å². The molecule has 0 atom stereocenters. The Kier molecular flexibility index (Phi) is 5.16. The molecule has 1 aliphatic carbocycles. The Labute approximate surface area is 136 Å². The van der Waals surface area contributed by atoms with E-state index in [1.54, 1.807) is 11.3 Å². The molecule has 0 bridgehead atoms. The summed E-state index contributed by atoms with van der Waals surface area (Å²) in [4.78, 5) is 16.0. The molecular weight excluding hydrogens is 292 g/mol. The van der Waals surface area contributed by atoms with Crippen molar-refractivity contribution in [2.24, 2.45) is 0 Å². The van der Waals surface area contributed by atoms with E-state index in [0.717, 1.165) is 29.6 Å². The molecule has 2 aromatic heterocycles. The van der Waals surface area contributed by atoms with E-state index in [4.69, 9.17) is 0 Å². The summed E-state index contributed by atoms with van der Waals surface area (Å²) in [5.41, 5.74) is 2.32. The van der Waals surface area contributed by atoms with Crippen LogP contribution in [0, 0.1) is 6.92 Å².